The molecule has 17 heavy (non-hydrogen) atoms. The fraction of sp³-hybridized carbons (Fsp3) is 0.800. The van der Waals surface area contributed by atoms with E-state index in [0.29, 0.717) is 13.1 Å². The molecule has 7 nitrogen and oxygen atoms in total. The van der Waals surface area contributed by atoms with Crippen molar-refractivity contribution in [2.45, 2.75) is 19.1 Å². The predicted octanol–water partition coefficient (Wildman–Crippen LogP) is -0.977. The van der Waals surface area contributed by atoms with Gasteiger partial charge in [0.25, 0.3) is 0 Å². The lowest BCUT2D eigenvalue weighted by Crippen LogP contribution is -2.52. The lowest BCUT2D eigenvalue weighted by Gasteiger charge is -2.23. The number of nitrogens with one attached hydrogen (secondary N) is 1. The fourth-order valence-corrected chi connectivity index (χ4v) is 1.08. The predicted molar refractivity (Wildman–Crippen MR) is 62.8 cm³/mol. The van der Waals surface area contributed by atoms with Crippen LogP contribution < -0.4 is 5.32 Å². The standard InChI is InChI=1S/C10H21N3O4/c1-7(14)8(9(15)16)11-10(17)13(4)6-5-12(2)3/h7-8,14H,5-6H2,1-4H3,(H,11,17)(H,15,16). The molecule has 0 saturated carbocycles. The molecule has 0 saturated heterocycles. The average molecular weight is 247 g/mol. The summed E-state index contributed by atoms with van der Waals surface area (Å²) in [6, 6.07) is -1.80. The highest BCUT2D eigenvalue weighted by Crippen LogP contribution is 1.95. The second kappa shape index (κ2) is 7.08. The highest BCUT2D eigenvalue weighted by Gasteiger charge is 2.26. The van der Waals surface area contributed by atoms with Crippen LogP contribution in [0.2, 0.25) is 0 Å². The van der Waals surface area contributed by atoms with Gasteiger partial charge in [-0.3, -0.25) is 0 Å². The molecule has 7 heteroatoms. The van der Waals surface area contributed by atoms with Crippen LogP contribution in [0.5, 0.6) is 0 Å². The number of carbonyl (C=O) groups is 2. The number of hydrogen-bond donors (Lipinski definition) is 3. The Morgan fingerprint density at radius 3 is 2.12 bits per heavy atom. The molecule has 0 fully saturated rings. The Kier molecular flexibility index (Phi) is 6.52. The van der Waals surface area contributed by atoms with Crippen molar-refractivity contribution < 1.29 is 19.8 Å². The minimum absolute atomic E-state index is 0.477. The summed E-state index contributed by atoms with van der Waals surface area (Å²) in [5.74, 6) is -1.26. The Labute approximate surface area is 101 Å². The molecule has 2 amide bonds. The molecule has 0 aliphatic heterocycles. The van der Waals surface area contributed by atoms with Crippen molar-refractivity contribution in [2.75, 3.05) is 34.2 Å². The van der Waals surface area contributed by atoms with Gasteiger partial charge in [0.1, 0.15) is 0 Å². The molecule has 0 bridgehead atoms. The summed E-state index contributed by atoms with van der Waals surface area (Å²) in [6.45, 7) is 2.47. The van der Waals surface area contributed by atoms with Crippen LogP contribution in [0.1, 0.15) is 6.92 Å². The van der Waals surface area contributed by atoms with Gasteiger partial charge in [-0.1, -0.05) is 0 Å². The maximum absolute atomic E-state index is 11.6. The summed E-state index contributed by atoms with van der Waals surface area (Å²) in [5, 5.41) is 20.3. The van der Waals surface area contributed by atoms with Crippen molar-refractivity contribution in [3.63, 3.8) is 0 Å². The van der Waals surface area contributed by atoms with Crippen LogP contribution in [-0.2, 0) is 4.79 Å². The summed E-state index contributed by atoms with van der Waals surface area (Å²) in [4.78, 5) is 25.6. The van der Waals surface area contributed by atoms with Gasteiger partial charge >= 0.3 is 12.0 Å². The lowest BCUT2D eigenvalue weighted by molar-refractivity contribution is -0.141. The number of nitrogens with zero attached hydrogens (tertiary/aromatic N) is 2. The number of urea groups is 1. The van der Waals surface area contributed by atoms with Gasteiger partial charge in [0, 0.05) is 20.1 Å². The number of hydrogen-bond acceptors (Lipinski definition) is 4. The Balaban J connectivity index is 4.26. The number of carboxylic acids is 1. The molecule has 0 rings (SSSR count). The number of aliphatic carboxylic acids is 1. The van der Waals surface area contributed by atoms with E-state index in [1.165, 1.54) is 11.8 Å². The van der Waals surface area contributed by atoms with Crippen molar-refractivity contribution in [1.82, 2.24) is 15.1 Å². The highest BCUT2D eigenvalue weighted by molar-refractivity contribution is 5.82. The summed E-state index contributed by atoms with van der Waals surface area (Å²) in [6.07, 6.45) is -1.14. The molecule has 0 radical (unpaired) electrons. The molecule has 0 spiro atoms. The Bertz CT molecular complexity index is 268. The first-order valence-electron chi connectivity index (χ1n) is 5.33. The van der Waals surface area contributed by atoms with E-state index in [0.717, 1.165) is 0 Å². The van der Waals surface area contributed by atoms with Gasteiger partial charge in [0.15, 0.2) is 6.04 Å². The average Bonchev–Trinajstić information content (AvgIpc) is 2.20. The van der Waals surface area contributed by atoms with Crippen LogP contribution in [0.3, 0.4) is 0 Å². The summed E-state index contributed by atoms with van der Waals surface area (Å²) >= 11 is 0. The second-order valence-corrected chi connectivity index (χ2v) is 4.23. The zero-order chi connectivity index (χ0) is 13.6. The molecule has 0 aliphatic rings. The van der Waals surface area contributed by atoms with Gasteiger partial charge in [0.05, 0.1) is 6.10 Å². The molecule has 3 N–H and O–H groups in total. The van der Waals surface area contributed by atoms with E-state index in [4.69, 9.17) is 5.11 Å². The third-order valence-corrected chi connectivity index (χ3v) is 2.26. The number of rotatable bonds is 6. The van der Waals surface area contributed by atoms with Gasteiger partial charge in [-0.25, -0.2) is 9.59 Å². The number of carboxylic acid groups (broad SMARTS) is 1. The van der Waals surface area contributed by atoms with Crippen molar-refractivity contribution in [2.24, 2.45) is 0 Å². The first-order chi connectivity index (χ1) is 7.75. The molecule has 0 heterocycles. The maximum atomic E-state index is 11.6. The quantitative estimate of drug-likeness (QED) is 0.561. The van der Waals surface area contributed by atoms with Gasteiger partial charge in [0.2, 0.25) is 0 Å². The van der Waals surface area contributed by atoms with E-state index in [1.54, 1.807) is 7.05 Å². The fourth-order valence-electron chi connectivity index (χ4n) is 1.08. The van der Waals surface area contributed by atoms with Gasteiger partial charge in [-0.15, -0.1) is 0 Å². The van der Waals surface area contributed by atoms with Crippen LogP contribution in [0, 0.1) is 0 Å². The first-order valence-corrected chi connectivity index (χ1v) is 5.33. The number of likely N-dealkylation sites (N-methyl/N-ethyl adjacent to an activating group) is 2. The molecule has 100 valence electrons. The molecule has 0 aromatic heterocycles. The number of aliphatic hydroxyl groups is 1. The number of amides is 2. The Morgan fingerprint density at radius 2 is 1.76 bits per heavy atom. The van der Waals surface area contributed by atoms with Crippen molar-refractivity contribution in [3.8, 4) is 0 Å². The van der Waals surface area contributed by atoms with Crippen LogP contribution in [0.4, 0.5) is 4.79 Å². The highest BCUT2D eigenvalue weighted by atomic mass is 16.4. The molecule has 0 aromatic rings. The van der Waals surface area contributed by atoms with Crippen LogP contribution in [-0.4, -0.2) is 78.4 Å². The second-order valence-electron chi connectivity index (χ2n) is 4.23. The van der Waals surface area contributed by atoms with E-state index < -0.39 is 24.1 Å². The van der Waals surface area contributed by atoms with Crippen LogP contribution >= 0.6 is 0 Å². The Morgan fingerprint density at radius 1 is 1.24 bits per heavy atom. The minimum atomic E-state index is -1.29. The third-order valence-electron chi connectivity index (χ3n) is 2.26. The summed E-state index contributed by atoms with van der Waals surface area (Å²) < 4.78 is 0. The monoisotopic (exact) mass is 247 g/mol. The first kappa shape index (κ1) is 15.7. The summed E-state index contributed by atoms with van der Waals surface area (Å²) in [7, 11) is 5.32. The maximum Gasteiger partial charge on any atom is 0.328 e. The zero-order valence-corrected chi connectivity index (χ0v) is 10.7. The van der Waals surface area contributed by atoms with E-state index in [9.17, 15) is 14.7 Å². The number of carbonyl (C=O) groups excluding carboxylic acids is 1. The van der Waals surface area contributed by atoms with Crippen LogP contribution in [0.25, 0.3) is 0 Å². The molecular weight excluding hydrogens is 226 g/mol. The lowest BCUT2D eigenvalue weighted by atomic mass is 10.2. The van der Waals surface area contributed by atoms with E-state index in [1.807, 2.05) is 19.0 Å². The number of aliphatic hydroxyl groups excluding tert-OH is 1. The molecule has 2 atom stereocenters. The van der Waals surface area contributed by atoms with E-state index >= 15 is 0 Å². The Hall–Kier alpha value is -1.34. The van der Waals surface area contributed by atoms with Crippen molar-refractivity contribution in [3.05, 3.63) is 0 Å². The summed E-state index contributed by atoms with van der Waals surface area (Å²) in [5.41, 5.74) is 0. The molecule has 0 aromatic carbocycles. The van der Waals surface area contributed by atoms with Crippen molar-refractivity contribution in [1.29, 1.82) is 0 Å². The van der Waals surface area contributed by atoms with E-state index in [-0.39, 0.29) is 0 Å². The van der Waals surface area contributed by atoms with Gasteiger partial charge in [-0.05, 0) is 21.0 Å². The largest absolute Gasteiger partial charge is 0.480 e. The smallest absolute Gasteiger partial charge is 0.328 e. The molecule has 2 unspecified atom stereocenters. The molecule has 0 aliphatic carbocycles. The normalized spacial score (nSPS) is 14.2. The van der Waals surface area contributed by atoms with Crippen molar-refractivity contribution >= 4 is 12.0 Å². The van der Waals surface area contributed by atoms with Gasteiger partial charge in [-0.2, -0.15) is 0 Å². The molecular formula is C10H21N3O4. The zero-order valence-electron chi connectivity index (χ0n) is 10.7. The SMILES string of the molecule is CC(O)C(NC(=O)N(C)CCN(C)C)C(=O)O. The minimum Gasteiger partial charge on any atom is -0.480 e. The van der Waals surface area contributed by atoms with Gasteiger partial charge < -0.3 is 25.3 Å². The van der Waals surface area contributed by atoms with Crippen LogP contribution in [0.15, 0.2) is 0 Å². The third kappa shape index (κ3) is 6.08. The topological polar surface area (TPSA) is 93.1 Å². The van der Waals surface area contributed by atoms with E-state index in [2.05, 4.69) is 5.32 Å².